The third-order valence-electron chi connectivity index (χ3n) is 4.21. The number of nitrogens with one attached hydrogen (secondary N) is 1. The Labute approximate surface area is 174 Å². The van der Waals surface area contributed by atoms with Gasteiger partial charge in [-0.15, -0.1) is 11.3 Å². The Morgan fingerprint density at radius 1 is 1.17 bits per heavy atom. The van der Waals surface area contributed by atoms with Gasteiger partial charge in [0.1, 0.15) is 10.8 Å². The fourth-order valence-electron chi connectivity index (χ4n) is 2.75. The molecule has 0 aliphatic carbocycles. The summed E-state index contributed by atoms with van der Waals surface area (Å²) in [7, 11) is -3.28. The maximum absolute atomic E-state index is 12.4. The predicted molar refractivity (Wildman–Crippen MR) is 115 cm³/mol. The molecule has 0 fully saturated rings. The lowest BCUT2D eigenvalue weighted by Gasteiger charge is -2.09. The van der Waals surface area contributed by atoms with E-state index in [-0.39, 0.29) is 17.2 Å². The number of anilines is 1. The van der Waals surface area contributed by atoms with Crippen molar-refractivity contribution in [3.05, 3.63) is 59.1 Å². The summed E-state index contributed by atoms with van der Waals surface area (Å²) in [5, 5.41) is 5.53. The van der Waals surface area contributed by atoms with Crippen LogP contribution in [-0.2, 0) is 21.1 Å². The Kier molecular flexibility index (Phi) is 6.34. The van der Waals surface area contributed by atoms with E-state index in [9.17, 15) is 13.2 Å². The molecule has 29 heavy (non-hydrogen) atoms. The summed E-state index contributed by atoms with van der Waals surface area (Å²) < 4.78 is 28.7. The zero-order valence-corrected chi connectivity index (χ0v) is 18.1. The molecule has 3 aromatic rings. The van der Waals surface area contributed by atoms with E-state index >= 15 is 0 Å². The lowest BCUT2D eigenvalue weighted by atomic mass is 10.2. The second kappa shape index (κ2) is 8.75. The minimum atomic E-state index is -3.28. The zero-order chi connectivity index (χ0) is 21.0. The van der Waals surface area contributed by atoms with E-state index in [1.165, 1.54) is 17.4 Å². The summed E-state index contributed by atoms with van der Waals surface area (Å²) in [6, 6.07) is 12.3. The molecule has 0 saturated heterocycles. The van der Waals surface area contributed by atoms with Crippen molar-refractivity contribution in [1.82, 2.24) is 4.98 Å². The van der Waals surface area contributed by atoms with Crippen LogP contribution in [0.1, 0.15) is 18.2 Å². The number of thiazole rings is 1. The maximum Gasteiger partial charge on any atom is 0.230 e. The number of benzene rings is 2. The molecule has 0 saturated carbocycles. The van der Waals surface area contributed by atoms with Gasteiger partial charge in [-0.3, -0.25) is 4.79 Å². The van der Waals surface area contributed by atoms with E-state index in [1.54, 1.807) is 19.1 Å². The first kappa shape index (κ1) is 21.0. The van der Waals surface area contributed by atoms with E-state index in [0.29, 0.717) is 23.6 Å². The second-order valence-electron chi connectivity index (χ2n) is 6.58. The van der Waals surface area contributed by atoms with Crippen LogP contribution in [0.5, 0.6) is 5.75 Å². The van der Waals surface area contributed by atoms with E-state index in [4.69, 9.17) is 4.74 Å². The van der Waals surface area contributed by atoms with Crippen molar-refractivity contribution < 1.29 is 17.9 Å². The fourth-order valence-corrected chi connectivity index (χ4v) is 4.28. The normalized spacial score (nSPS) is 11.3. The average Bonchev–Trinajstić information content (AvgIpc) is 3.12. The highest BCUT2D eigenvalue weighted by molar-refractivity contribution is 7.90. The van der Waals surface area contributed by atoms with Crippen LogP contribution in [-0.4, -0.2) is 32.2 Å². The number of carbonyl (C=O) groups excluding carboxylic acids is 1. The molecular formula is C21H22N2O4S2. The maximum atomic E-state index is 12.4. The van der Waals surface area contributed by atoms with Crippen molar-refractivity contribution in [3.8, 4) is 16.3 Å². The van der Waals surface area contributed by atoms with Crippen LogP contribution in [0.2, 0.25) is 0 Å². The van der Waals surface area contributed by atoms with Gasteiger partial charge in [0.2, 0.25) is 5.91 Å². The number of sulfone groups is 1. The molecule has 3 rings (SSSR count). The molecule has 152 valence electrons. The van der Waals surface area contributed by atoms with E-state index < -0.39 is 9.84 Å². The summed E-state index contributed by atoms with van der Waals surface area (Å²) in [6.07, 6.45) is 1.30. The predicted octanol–water partition coefficient (Wildman–Crippen LogP) is 4.10. The average molecular weight is 431 g/mol. The standard InChI is InChI=1S/C21H22N2O4S2/c1-4-27-17-7-5-15(6-8-17)21-22-16(13-28-21)12-20(24)23-19-10-9-18(11-14(19)2)29(3,25)26/h5-11,13H,4,12H2,1-3H3,(H,23,24). The number of ether oxygens (including phenoxy) is 1. The second-order valence-corrected chi connectivity index (χ2v) is 9.45. The number of nitrogens with zero attached hydrogens (tertiary/aromatic N) is 1. The largest absolute Gasteiger partial charge is 0.494 e. The van der Waals surface area contributed by atoms with Crippen molar-refractivity contribution in [2.24, 2.45) is 0 Å². The Balaban J connectivity index is 1.66. The van der Waals surface area contributed by atoms with Crippen molar-refractivity contribution in [1.29, 1.82) is 0 Å². The minimum Gasteiger partial charge on any atom is -0.494 e. The highest BCUT2D eigenvalue weighted by atomic mass is 32.2. The molecule has 0 radical (unpaired) electrons. The first-order valence-corrected chi connectivity index (χ1v) is 11.8. The van der Waals surface area contributed by atoms with E-state index in [1.807, 2.05) is 36.6 Å². The van der Waals surface area contributed by atoms with E-state index in [2.05, 4.69) is 10.3 Å². The lowest BCUT2D eigenvalue weighted by molar-refractivity contribution is -0.115. The fraction of sp³-hybridized carbons (Fsp3) is 0.238. The molecular weight excluding hydrogens is 408 g/mol. The van der Waals surface area contributed by atoms with Gasteiger partial charge in [0.25, 0.3) is 0 Å². The molecule has 0 aliphatic heterocycles. The Hall–Kier alpha value is -2.71. The minimum absolute atomic E-state index is 0.140. The number of hydrogen-bond acceptors (Lipinski definition) is 6. The molecule has 1 N–H and O–H groups in total. The molecule has 6 nitrogen and oxygen atoms in total. The van der Waals surface area contributed by atoms with Gasteiger partial charge in [0.15, 0.2) is 9.84 Å². The molecule has 0 unspecified atom stereocenters. The van der Waals surface area contributed by atoms with Gasteiger partial charge in [0.05, 0.1) is 23.6 Å². The third kappa shape index (κ3) is 5.42. The number of rotatable bonds is 7. The monoisotopic (exact) mass is 430 g/mol. The number of aromatic nitrogens is 1. The van der Waals surface area contributed by atoms with Crippen molar-refractivity contribution in [2.45, 2.75) is 25.2 Å². The summed E-state index contributed by atoms with van der Waals surface area (Å²) in [6.45, 7) is 4.32. The molecule has 1 heterocycles. The van der Waals surface area contributed by atoms with Gasteiger partial charge in [-0.25, -0.2) is 13.4 Å². The van der Waals surface area contributed by atoms with Gasteiger partial charge in [-0.05, 0) is 61.9 Å². The first-order valence-electron chi connectivity index (χ1n) is 9.04. The third-order valence-corrected chi connectivity index (χ3v) is 6.26. The quantitative estimate of drug-likeness (QED) is 0.610. The highest BCUT2D eigenvalue weighted by Gasteiger charge is 2.13. The highest BCUT2D eigenvalue weighted by Crippen LogP contribution is 2.26. The SMILES string of the molecule is CCOc1ccc(-c2nc(CC(=O)Nc3ccc(S(C)(=O)=O)cc3C)cs2)cc1. The molecule has 0 atom stereocenters. The molecule has 8 heteroatoms. The lowest BCUT2D eigenvalue weighted by Crippen LogP contribution is -2.15. The van der Waals surface area contributed by atoms with Gasteiger partial charge in [-0.2, -0.15) is 0 Å². The summed E-state index contributed by atoms with van der Waals surface area (Å²) in [5.74, 6) is 0.605. The Morgan fingerprint density at radius 2 is 1.90 bits per heavy atom. The number of aryl methyl sites for hydroxylation is 1. The van der Waals surface area contributed by atoms with E-state index in [0.717, 1.165) is 22.6 Å². The van der Waals surface area contributed by atoms with Crippen LogP contribution in [0.3, 0.4) is 0 Å². The number of carbonyl (C=O) groups is 1. The molecule has 0 aliphatic rings. The summed E-state index contributed by atoms with van der Waals surface area (Å²) in [4.78, 5) is 17.2. The van der Waals surface area contributed by atoms with Crippen molar-refractivity contribution in [3.63, 3.8) is 0 Å². The molecule has 0 spiro atoms. The van der Waals surface area contributed by atoms with Crippen LogP contribution < -0.4 is 10.1 Å². The van der Waals surface area contributed by atoms with Gasteiger partial charge in [-0.1, -0.05) is 0 Å². The first-order chi connectivity index (χ1) is 13.8. The van der Waals surface area contributed by atoms with Crippen LogP contribution in [0.15, 0.2) is 52.7 Å². The van der Waals surface area contributed by atoms with Gasteiger partial charge >= 0.3 is 0 Å². The Morgan fingerprint density at radius 3 is 2.52 bits per heavy atom. The van der Waals surface area contributed by atoms with Crippen LogP contribution in [0.25, 0.3) is 10.6 Å². The number of amides is 1. The summed E-state index contributed by atoms with van der Waals surface area (Å²) >= 11 is 1.48. The smallest absolute Gasteiger partial charge is 0.230 e. The van der Waals surface area contributed by atoms with Crippen molar-refractivity contribution >= 4 is 32.8 Å². The van der Waals surface area contributed by atoms with Crippen LogP contribution in [0, 0.1) is 6.92 Å². The van der Waals surface area contributed by atoms with Crippen LogP contribution >= 0.6 is 11.3 Å². The Bertz CT molecular complexity index is 1120. The topological polar surface area (TPSA) is 85.4 Å². The molecule has 0 bridgehead atoms. The number of hydrogen-bond donors (Lipinski definition) is 1. The molecule has 2 aromatic carbocycles. The molecule has 1 amide bonds. The zero-order valence-electron chi connectivity index (χ0n) is 16.4. The molecule has 1 aromatic heterocycles. The van der Waals surface area contributed by atoms with Gasteiger partial charge in [0, 0.05) is 22.9 Å². The summed E-state index contributed by atoms with van der Waals surface area (Å²) in [5.41, 5.74) is 2.93. The van der Waals surface area contributed by atoms with Crippen molar-refractivity contribution in [2.75, 3.05) is 18.2 Å². The van der Waals surface area contributed by atoms with Gasteiger partial charge < -0.3 is 10.1 Å². The van der Waals surface area contributed by atoms with Crippen LogP contribution in [0.4, 0.5) is 5.69 Å².